The largest absolute Gasteiger partial charge is 0.341 e. The number of amides is 1. The standard InChI is InChI=1S/C20H31N3O/c1-15(2)19(21)20(24)22-11-10-17(13-22)14-23(18-8-9-18)12-16-6-4-3-5-7-16/h3-7,15,17-19H,8-14,21H2,1-2H3/t17-,19-/m0/s1. The van der Waals surface area contributed by atoms with Gasteiger partial charge in [-0.2, -0.15) is 0 Å². The van der Waals surface area contributed by atoms with Crippen LogP contribution in [0.3, 0.4) is 0 Å². The first-order valence-corrected chi connectivity index (χ1v) is 9.37. The van der Waals surface area contributed by atoms with Gasteiger partial charge in [0.05, 0.1) is 6.04 Å². The minimum Gasteiger partial charge on any atom is -0.341 e. The van der Waals surface area contributed by atoms with Crippen LogP contribution < -0.4 is 5.73 Å². The van der Waals surface area contributed by atoms with Crippen molar-refractivity contribution in [2.24, 2.45) is 17.6 Å². The van der Waals surface area contributed by atoms with E-state index in [4.69, 9.17) is 5.73 Å². The topological polar surface area (TPSA) is 49.6 Å². The molecular weight excluding hydrogens is 298 g/mol. The number of carbonyl (C=O) groups excluding carboxylic acids is 1. The number of hydrogen-bond donors (Lipinski definition) is 1. The number of nitrogens with zero attached hydrogens (tertiary/aromatic N) is 2. The first kappa shape index (κ1) is 17.4. The number of hydrogen-bond acceptors (Lipinski definition) is 3. The number of nitrogens with two attached hydrogens (primary N) is 1. The summed E-state index contributed by atoms with van der Waals surface area (Å²) in [6, 6.07) is 11.1. The molecule has 2 N–H and O–H groups in total. The molecule has 4 heteroatoms. The lowest BCUT2D eigenvalue weighted by Crippen LogP contribution is -2.46. The molecule has 1 aromatic rings. The van der Waals surface area contributed by atoms with Gasteiger partial charge in [0.25, 0.3) is 0 Å². The zero-order chi connectivity index (χ0) is 17.1. The van der Waals surface area contributed by atoms with E-state index in [1.807, 2.05) is 18.7 Å². The fourth-order valence-electron chi connectivity index (χ4n) is 3.61. The normalized spacial score (nSPS) is 22.4. The van der Waals surface area contributed by atoms with Crippen LogP contribution in [0.15, 0.2) is 30.3 Å². The van der Waals surface area contributed by atoms with Crippen molar-refractivity contribution in [3.05, 3.63) is 35.9 Å². The molecule has 1 aromatic carbocycles. The highest BCUT2D eigenvalue weighted by molar-refractivity contribution is 5.82. The molecule has 0 radical (unpaired) electrons. The highest BCUT2D eigenvalue weighted by Gasteiger charge is 2.35. The Bertz CT molecular complexity index is 541. The summed E-state index contributed by atoms with van der Waals surface area (Å²) in [5.74, 6) is 0.920. The highest BCUT2D eigenvalue weighted by atomic mass is 16.2. The van der Waals surface area contributed by atoms with Crippen LogP contribution in [0.2, 0.25) is 0 Å². The van der Waals surface area contributed by atoms with E-state index in [1.54, 1.807) is 0 Å². The molecule has 1 saturated carbocycles. The summed E-state index contributed by atoms with van der Waals surface area (Å²) < 4.78 is 0. The molecule has 0 bridgehead atoms. The van der Waals surface area contributed by atoms with Crippen LogP contribution >= 0.6 is 0 Å². The fraction of sp³-hybridized carbons (Fsp3) is 0.650. The Balaban J connectivity index is 1.54. The fourth-order valence-corrected chi connectivity index (χ4v) is 3.61. The Hall–Kier alpha value is -1.39. The number of carbonyl (C=O) groups is 1. The quantitative estimate of drug-likeness (QED) is 0.836. The van der Waals surface area contributed by atoms with Gasteiger partial charge in [0.15, 0.2) is 0 Å². The van der Waals surface area contributed by atoms with Crippen molar-refractivity contribution in [2.75, 3.05) is 19.6 Å². The van der Waals surface area contributed by atoms with Crippen molar-refractivity contribution < 1.29 is 4.79 Å². The van der Waals surface area contributed by atoms with Crippen LogP contribution in [0.25, 0.3) is 0 Å². The summed E-state index contributed by atoms with van der Waals surface area (Å²) in [5.41, 5.74) is 7.43. The molecule has 1 heterocycles. The van der Waals surface area contributed by atoms with Gasteiger partial charge in [-0.25, -0.2) is 0 Å². The lowest BCUT2D eigenvalue weighted by atomic mass is 10.0. The third-order valence-electron chi connectivity index (χ3n) is 5.39. The van der Waals surface area contributed by atoms with Crippen LogP contribution in [0.1, 0.15) is 38.7 Å². The number of rotatable bonds is 7. The molecule has 0 spiro atoms. The highest BCUT2D eigenvalue weighted by Crippen LogP contribution is 2.30. The molecule has 0 aromatic heterocycles. The van der Waals surface area contributed by atoms with Gasteiger partial charge in [-0.15, -0.1) is 0 Å². The maximum Gasteiger partial charge on any atom is 0.239 e. The van der Waals surface area contributed by atoms with Crippen LogP contribution in [0.5, 0.6) is 0 Å². The van der Waals surface area contributed by atoms with Crippen molar-refractivity contribution in [2.45, 2.75) is 51.7 Å². The molecule has 2 atom stereocenters. The van der Waals surface area contributed by atoms with Crippen LogP contribution in [-0.2, 0) is 11.3 Å². The van der Waals surface area contributed by atoms with E-state index < -0.39 is 0 Å². The molecule has 24 heavy (non-hydrogen) atoms. The Morgan fingerprint density at radius 1 is 1.25 bits per heavy atom. The van der Waals surface area contributed by atoms with Crippen molar-refractivity contribution in [1.82, 2.24) is 9.80 Å². The van der Waals surface area contributed by atoms with Gasteiger partial charge in [-0.05, 0) is 36.7 Å². The number of likely N-dealkylation sites (tertiary alicyclic amines) is 1. The Morgan fingerprint density at radius 2 is 1.96 bits per heavy atom. The smallest absolute Gasteiger partial charge is 0.239 e. The molecule has 132 valence electrons. The summed E-state index contributed by atoms with van der Waals surface area (Å²) >= 11 is 0. The molecule has 3 rings (SSSR count). The summed E-state index contributed by atoms with van der Waals surface area (Å²) in [7, 11) is 0. The lowest BCUT2D eigenvalue weighted by Gasteiger charge is -2.26. The minimum atomic E-state index is -0.354. The third kappa shape index (κ3) is 4.37. The lowest BCUT2D eigenvalue weighted by molar-refractivity contribution is -0.132. The van der Waals surface area contributed by atoms with Gasteiger partial charge in [0.1, 0.15) is 0 Å². The number of benzene rings is 1. The molecule has 1 aliphatic carbocycles. The van der Waals surface area contributed by atoms with Gasteiger partial charge in [-0.3, -0.25) is 9.69 Å². The molecule has 2 fully saturated rings. The van der Waals surface area contributed by atoms with Crippen LogP contribution in [0.4, 0.5) is 0 Å². The van der Waals surface area contributed by atoms with Gasteiger partial charge in [-0.1, -0.05) is 44.2 Å². The van der Waals surface area contributed by atoms with E-state index in [0.29, 0.717) is 5.92 Å². The van der Waals surface area contributed by atoms with E-state index in [1.165, 1.54) is 18.4 Å². The summed E-state index contributed by atoms with van der Waals surface area (Å²) in [5, 5.41) is 0. The van der Waals surface area contributed by atoms with Crippen LogP contribution in [0, 0.1) is 11.8 Å². The van der Waals surface area contributed by atoms with Gasteiger partial charge < -0.3 is 10.6 Å². The maximum absolute atomic E-state index is 12.4. The van der Waals surface area contributed by atoms with Crippen molar-refractivity contribution in [1.29, 1.82) is 0 Å². The SMILES string of the molecule is CC(C)[C@H](N)C(=O)N1CC[C@H](CN(Cc2ccccc2)C2CC2)C1. The molecule has 1 amide bonds. The molecule has 1 saturated heterocycles. The van der Waals surface area contributed by atoms with Crippen molar-refractivity contribution in [3.63, 3.8) is 0 Å². The maximum atomic E-state index is 12.4. The second kappa shape index (κ2) is 7.66. The predicted octanol–water partition coefficient (Wildman–Crippen LogP) is 2.48. The Labute approximate surface area is 146 Å². The zero-order valence-corrected chi connectivity index (χ0v) is 15.0. The summed E-state index contributed by atoms with van der Waals surface area (Å²) in [6.07, 6.45) is 3.75. The second-order valence-electron chi connectivity index (χ2n) is 7.85. The molecule has 1 aliphatic heterocycles. The predicted molar refractivity (Wildman–Crippen MR) is 97.4 cm³/mol. The summed E-state index contributed by atoms with van der Waals surface area (Å²) in [6.45, 7) is 7.91. The first-order valence-electron chi connectivity index (χ1n) is 9.37. The van der Waals surface area contributed by atoms with E-state index in [9.17, 15) is 4.79 Å². The third-order valence-corrected chi connectivity index (χ3v) is 5.39. The van der Waals surface area contributed by atoms with E-state index >= 15 is 0 Å². The monoisotopic (exact) mass is 329 g/mol. The van der Waals surface area contributed by atoms with E-state index in [-0.39, 0.29) is 17.9 Å². The Kier molecular flexibility index (Phi) is 5.57. The molecule has 4 nitrogen and oxygen atoms in total. The molecule has 2 aliphatic rings. The van der Waals surface area contributed by atoms with Crippen molar-refractivity contribution in [3.8, 4) is 0 Å². The molecular formula is C20H31N3O. The van der Waals surface area contributed by atoms with E-state index in [2.05, 4.69) is 35.2 Å². The zero-order valence-electron chi connectivity index (χ0n) is 15.0. The minimum absolute atomic E-state index is 0.133. The van der Waals surface area contributed by atoms with E-state index in [0.717, 1.165) is 38.6 Å². The van der Waals surface area contributed by atoms with Gasteiger partial charge in [0, 0.05) is 32.2 Å². The Morgan fingerprint density at radius 3 is 2.58 bits per heavy atom. The second-order valence-corrected chi connectivity index (χ2v) is 7.85. The van der Waals surface area contributed by atoms with Gasteiger partial charge in [0.2, 0.25) is 5.91 Å². The van der Waals surface area contributed by atoms with Crippen LogP contribution in [-0.4, -0.2) is 47.4 Å². The van der Waals surface area contributed by atoms with Gasteiger partial charge >= 0.3 is 0 Å². The summed E-state index contributed by atoms with van der Waals surface area (Å²) in [4.78, 5) is 17.1. The molecule has 0 unspecified atom stereocenters. The first-order chi connectivity index (χ1) is 11.5. The average molecular weight is 329 g/mol. The average Bonchev–Trinajstić information content (AvgIpc) is 3.33. The van der Waals surface area contributed by atoms with Crippen molar-refractivity contribution >= 4 is 5.91 Å².